The molecule has 0 radical (unpaired) electrons. The second kappa shape index (κ2) is 8.25. The van der Waals surface area contributed by atoms with E-state index in [1.165, 1.54) is 6.42 Å². The van der Waals surface area contributed by atoms with E-state index in [0.29, 0.717) is 6.54 Å². The number of nitrogens with zero attached hydrogens (tertiary/aromatic N) is 3. The summed E-state index contributed by atoms with van der Waals surface area (Å²) in [6.07, 6.45) is 8.10. The standard InChI is InChI=1S/C18H29N3OS/c1-5-9-20(4)13-17-19-16(14-23-17)18(22)7-11-21(12-8-18)10-6-15(2)3/h1,14-15,22H,6-13H2,2-4H3. The molecule has 0 saturated carbocycles. The molecule has 1 fully saturated rings. The number of thiazole rings is 1. The Kier molecular flexibility index (Phi) is 6.60. The van der Waals surface area contributed by atoms with E-state index in [1.54, 1.807) is 11.3 Å². The van der Waals surface area contributed by atoms with Crippen LogP contribution in [0.2, 0.25) is 0 Å². The van der Waals surface area contributed by atoms with E-state index in [4.69, 9.17) is 6.42 Å². The van der Waals surface area contributed by atoms with Crippen LogP contribution >= 0.6 is 11.3 Å². The summed E-state index contributed by atoms with van der Waals surface area (Å²) < 4.78 is 0. The van der Waals surface area contributed by atoms with Crippen LogP contribution in [-0.2, 0) is 12.1 Å². The molecule has 128 valence electrons. The first kappa shape index (κ1) is 18.4. The molecule has 5 heteroatoms. The third-order valence-corrected chi connectivity index (χ3v) is 5.33. The van der Waals surface area contributed by atoms with E-state index in [-0.39, 0.29) is 0 Å². The Balaban J connectivity index is 1.89. The van der Waals surface area contributed by atoms with Crippen LogP contribution in [0, 0.1) is 18.3 Å². The summed E-state index contributed by atoms with van der Waals surface area (Å²) in [6, 6.07) is 0. The normalized spacial score (nSPS) is 18.5. The highest BCUT2D eigenvalue weighted by Gasteiger charge is 2.35. The van der Waals surface area contributed by atoms with Gasteiger partial charge in [0.05, 0.1) is 18.8 Å². The number of hydrogen-bond acceptors (Lipinski definition) is 5. The topological polar surface area (TPSA) is 39.6 Å². The van der Waals surface area contributed by atoms with Gasteiger partial charge in [-0.25, -0.2) is 4.98 Å². The number of likely N-dealkylation sites (tertiary alicyclic amines) is 1. The van der Waals surface area contributed by atoms with Crippen molar-refractivity contribution in [2.45, 2.75) is 45.3 Å². The van der Waals surface area contributed by atoms with Crippen LogP contribution in [0.25, 0.3) is 0 Å². The van der Waals surface area contributed by atoms with Gasteiger partial charge in [-0.15, -0.1) is 17.8 Å². The summed E-state index contributed by atoms with van der Waals surface area (Å²) >= 11 is 1.62. The van der Waals surface area contributed by atoms with Crippen LogP contribution in [0.5, 0.6) is 0 Å². The van der Waals surface area contributed by atoms with Gasteiger partial charge in [-0.3, -0.25) is 4.90 Å². The van der Waals surface area contributed by atoms with Gasteiger partial charge in [0.2, 0.25) is 0 Å². The summed E-state index contributed by atoms with van der Waals surface area (Å²) in [4.78, 5) is 9.18. The predicted octanol–water partition coefficient (Wildman–Crippen LogP) is 2.54. The SMILES string of the molecule is C#CCN(C)Cc1nc(C2(O)CCN(CCC(C)C)CC2)cs1. The fourth-order valence-electron chi connectivity index (χ4n) is 2.88. The van der Waals surface area contributed by atoms with Crippen molar-refractivity contribution < 1.29 is 5.11 Å². The van der Waals surface area contributed by atoms with E-state index in [1.807, 2.05) is 12.4 Å². The van der Waals surface area contributed by atoms with E-state index in [2.05, 4.69) is 34.6 Å². The molecule has 0 amide bonds. The number of hydrogen-bond donors (Lipinski definition) is 1. The Morgan fingerprint density at radius 2 is 2.17 bits per heavy atom. The second-order valence-corrected chi connectivity index (χ2v) is 8.00. The van der Waals surface area contributed by atoms with Crippen LogP contribution < -0.4 is 0 Å². The largest absolute Gasteiger partial charge is 0.383 e. The quantitative estimate of drug-likeness (QED) is 0.777. The number of terminal acetylenes is 1. The molecule has 1 aromatic rings. The summed E-state index contributed by atoms with van der Waals surface area (Å²) in [5, 5.41) is 14.0. The van der Waals surface area contributed by atoms with Crippen molar-refractivity contribution >= 4 is 11.3 Å². The highest BCUT2D eigenvalue weighted by atomic mass is 32.1. The average molecular weight is 336 g/mol. The van der Waals surface area contributed by atoms with Crippen molar-refractivity contribution in [3.63, 3.8) is 0 Å². The fraction of sp³-hybridized carbons (Fsp3) is 0.722. The molecular weight excluding hydrogens is 306 g/mol. The number of aromatic nitrogens is 1. The first-order chi connectivity index (χ1) is 10.9. The molecule has 2 rings (SSSR count). The molecule has 0 aliphatic carbocycles. The van der Waals surface area contributed by atoms with Gasteiger partial charge in [0.15, 0.2) is 0 Å². The summed E-state index contributed by atoms with van der Waals surface area (Å²) in [6.45, 7) is 8.91. The molecule has 1 aliphatic rings. The highest BCUT2D eigenvalue weighted by molar-refractivity contribution is 7.09. The van der Waals surface area contributed by atoms with E-state index < -0.39 is 5.60 Å². The van der Waals surface area contributed by atoms with Crippen molar-refractivity contribution in [2.24, 2.45) is 5.92 Å². The van der Waals surface area contributed by atoms with Gasteiger partial charge in [0, 0.05) is 18.5 Å². The molecule has 0 atom stereocenters. The number of rotatable bonds is 7. The summed E-state index contributed by atoms with van der Waals surface area (Å²) in [5.74, 6) is 3.37. The molecule has 1 saturated heterocycles. The van der Waals surface area contributed by atoms with Gasteiger partial charge in [0.25, 0.3) is 0 Å². The van der Waals surface area contributed by atoms with Crippen molar-refractivity contribution in [1.82, 2.24) is 14.8 Å². The van der Waals surface area contributed by atoms with Crippen molar-refractivity contribution in [2.75, 3.05) is 33.2 Å². The molecule has 4 nitrogen and oxygen atoms in total. The van der Waals surface area contributed by atoms with E-state index >= 15 is 0 Å². The Labute approximate surface area is 144 Å². The summed E-state index contributed by atoms with van der Waals surface area (Å²) in [7, 11) is 1.99. The summed E-state index contributed by atoms with van der Waals surface area (Å²) in [5.41, 5.74) is 0.0865. The first-order valence-electron chi connectivity index (χ1n) is 8.44. The molecular formula is C18H29N3OS. The lowest BCUT2D eigenvalue weighted by Gasteiger charge is -2.37. The van der Waals surface area contributed by atoms with Crippen LogP contribution in [0.3, 0.4) is 0 Å². The Hall–Kier alpha value is -0.930. The molecule has 0 unspecified atom stereocenters. The molecule has 0 spiro atoms. The lowest BCUT2D eigenvalue weighted by Crippen LogP contribution is -2.43. The Bertz CT molecular complexity index is 527. The maximum atomic E-state index is 11.0. The van der Waals surface area contributed by atoms with Crippen molar-refractivity contribution in [3.05, 3.63) is 16.1 Å². The van der Waals surface area contributed by atoms with Crippen LogP contribution in [0.1, 0.15) is 43.8 Å². The highest BCUT2D eigenvalue weighted by Crippen LogP contribution is 2.33. The molecule has 1 aliphatic heterocycles. The average Bonchev–Trinajstić information content (AvgIpc) is 2.96. The fourth-order valence-corrected chi connectivity index (χ4v) is 3.85. The molecule has 23 heavy (non-hydrogen) atoms. The first-order valence-corrected chi connectivity index (χ1v) is 9.32. The minimum Gasteiger partial charge on any atom is -0.383 e. The molecule has 0 bridgehead atoms. The Morgan fingerprint density at radius 3 is 2.78 bits per heavy atom. The van der Waals surface area contributed by atoms with Gasteiger partial charge in [-0.1, -0.05) is 19.8 Å². The van der Waals surface area contributed by atoms with Gasteiger partial charge in [-0.05, 0) is 38.8 Å². The van der Waals surface area contributed by atoms with Crippen LogP contribution in [-0.4, -0.2) is 53.1 Å². The lowest BCUT2D eigenvalue weighted by molar-refractivity contribution is -0.0295. The van der Waals surface area contributed by atoms with Crippen molar-refractivity contribution in [1.29, 1.82) is 0 Å². The minimum atomic E-state index is -0.756. The monoisotopic (exact) mass is 335 g/mol. The molecule has 0 aromatic carbocycles. The van der Waals surface area contributed by atoms with Crippen molar-refractivity contribution in [3.8, 4) is 12.3 Å². The number of piperidine rings is 1. The van der Waals surface area contributed by atoms with Crippen LogP contribution in [0.15, 0.2) is 5.38 Å². The predicted molar refractivity (Wildman–Crippen MR) is 96.3 cm³/mol. The van der Waals surface area contributed by atoms with Gasteiger partial charge in [-0.2, -0.15) is 0 Å². The maximum absolute atomic E-state index is 11.0. The van der Waals surface area contributed by atoms with Crippen LogP contribution in [0.4, 0.5) is 0 Å². The third-order valence-electron chi connectivity index (χ3n) is 4.50. The van der Waals surface area contributed by atoms with E-state index in [9.17, 15) is 5.11 Å². The number of aliphatic hydroxyl groups is 1. The minimum absolute atomic E-state index is 0.615. The molecule has 1 aromatic heterocycles. The maximum Gasteiger partial charge on any atom is 0.110 e. The Morgan fingerprint density at radius 1 is 1.48 bits per heavy atom. The lowest BCUT2D eigenvalue weighted by atomic mass is 9.88. The van der Waals surface area contributed by atoms with Gasteiger partial charge < -0.3 is 10.0 Å². The zero-order valence-corrected chi connectivity index (χ0v) is 15.4. The zero-order valence-electron chi connectivity index (χ0n) is 14.6. The van der Waals surface area contributed by atoms with Gasteiger partial charge >= 0.3 is 0 Å². The second-order valence-electron chi connectivity index (χ2n) is 7.06. The molecule has 1 N–H and O–H groups in total. The smallest absolute Gasteiger partial charge is 0.110 e. The van der Waals surface area contributed by atoms with E-state index in [0.717, 1.165) is 55.6 Å². The molecule has 2 heterocycles. The zero-order chi connectivity index (χ0) is 16.9. The van der Waals surface area contributed by atoms with Gasteiger partial charge in [0.1, 0.15) is 10.6 Å². The third kappa shape index (κ3) is 5.29.